The van der Waals surface area contributed by atoms with E-state index in [0.29, 0.717) is 11.4 Å². The van der Waals surface area contributed by atoms with Crippen LogP contribution in [0.25, 0.3) is 11.0 Å². The minimum atomic E-state index is 0.176. The lowest BCUT2D eigenvalue weighted by atomic mass is 10.2. The van der Waals surface area contributed by atoms with E-state index >= 15 is 0 Å². The second kappa shape index (κ2) is 6.29. The number of aliphatic hydroxyl groups is 1. The highest BCUT2D eigenvalue weighted by Crippen LogP contribution is 2.22. The van der Waals surface area contributed by atoms with E-state index in [2.05, 4.69) is 21.7 Å². The molecule has 0 aliphatic carbocycles. The third-order valence-electron chi connectivity index (χ3n) is 3.53. The molecule has 2 aromatic carbocycles. The Morgan fingerprint density at radius 3 is 2.67 bits per heavy atom. The Labute approximate surface area is 128 Å². The van der Waals surface area contributed by atoms with E-state index in [1.807, 2.05) is 36.4 Å². The molecule has 0 saturated heterocycles. The number of fused-ring (bicyclic) bond motifs is 1. The number of halogens is 1. The molecule has 0 fully saturated rings. The highest BCUT2D eigenvalue weighted by Gasteiger charge is 2.11. The Morgan fingerprint density at radius 2 is 1.90 bits per heavy atom. The summed E-state index contributed by atoms with van der Waals surface area (Å²) < 4.78 is 2.21. The number of rotatable bonds is 5. The van der Waals surface area contributed by atoms with E-state index in [-0.39, 0.29) is 6.61 Å². The summed E-state index contributed by atoms with van der Waals surface area (Å²) in [4.78, 5) is 4.67. The normalized spacial score (nSPS) is 11.1. The van der Waals surface area contributed by atoms with Gasteiger partial charge in [0, 0.05) is 24.6 Å². The van der Waals surface area contributed by atoms with Crippen molar-refractivity contribution in [1.82, 2.24) is 9.55 Å². The molecule has 0 atom stereocenters. The van der Waals surface area contributed by atoms with Gasteiger partial charge in [-0.25, -0.2) is 4.98 Å². The Hall–Kier alpha value is -1.84. The number of aromatic nitrogens is 2. The van der Waals surface area contributed by atoms with Crippen molar-refractivity contribution in [2.24, 2.45) is 0 Å². The van der Waals surface area contributed by atoms with E-state index < -0.39 is 0 Å². The molecule has 3 aromatic rings. The van der Waals surface area contributed by atoms with Crippen LogP contribution in [-0.2, 0) is 13.0 Å². The molecule has 4 heteroatoms. The molecule has 3 rings (SSSR count). The number of aliphatic hydroxyl groups excluding tert-OH is 1. The fraction of sp³-hybridized carbons (Fsp3) is 0.235. The molecule has 0 radical (unpaired) electrons. The third-order valence-corrected chi connectivity index (χ3v) is 3.77. The van der Waals surface area contributed by atoms with E-state index in [4.69, 9.17) is 16.7 Å². The SMILES string of the molecule is OCCCc1nc2cc(Cl)ccc2n1Cc1ccccc1. The quantitative estimate of drug-likeness (QED) is 0.781. The highest BCUT2D eigenvalue weighted by atomic mass is 35.5. The van der Waals surface area contributed by atoms with Crippen LogP contribution in [0.2, 0.25) is 5.02 Å². The summed E-state index contributed by atoms with van der Waals surface area (Å²) in [6, 6.07) is 16.1. The van der Waals surface area contributed by atoms with Crippen LogP contribution >= 0.6 is 11.6 Å². The molecule has 0 bridgehead atoms. The first kappa shape index (κ1) is 14.1. The summed E-state index contributed by atoms with van der Waals surface area (Å²) in [5.74, 6) is 0.991. The Morgan fingerprint density at radius 1 is 1.10 bits per heavy atom. The van der Waals surface area contributed by atoms with Crippen molar-refractivity contribution < 1.29 is 5.11 Å². The molecule has 21 heavy (non-hydrogen) atoms. The van der Waals surface area contributed by atoms with Gasteiger partial charge in [0.15, 0.2) is 0 Å². The average Bonchev–Trinajstić information content (AvgIpc) is 2.83. The first-order chi connectivity index (χ1) is 10.3. The predicted molar refractivity (Wildman–Crippen MR) is 85.7 cm³/mol. The standard InChI is InChI=1S/C17H17ClN2O/c18-14-8-9-16-15(11-14)19-17(7-4-10-21)20(16)12-13-5-2-1-3-6-13/h1-3,5-6,8-9,11,21H,4,7,10,12H2. The number of benzene rings is 2. The summed E-state index contributed by atoms with van der Waals surface area (Å²) in [6.07, 6.45) is 1.47. The van der Waals surface area contributed by atoms with Gasteiger partial charge in [-0.2, -0.15) is 0 Å². The molecule has 1 N–H and O–H groups in total. The van der Waals surface area contributed by atoms with Crippen LogP contribution in [0.4, 0.5) is 0 Å². The van der Waals surface area contributed by atoms with Crippen molar-refractivity contribution in [3.05, 3.63) is 64.9 Å². The lowest BCUT2D eigenvalue weighted by Gasteiger charge is -2.09. The third kappa shape index (κ3) is 3.09. The smallest absolute Gasteiger partial charge is 0.110 e. The van der Waals surface area contributed by atoms with Gasteiger partial charge in [-0.3, -0.25) is 0 Å². The van der Waals surface area contributed by atoms with E-state index in [1.165, 1.54) is 5.56 Å². The minimum absolute atomic E-state index is 0.176. The van der Waals surface area contributed by atoms with Gasteiger partial charge in [0.05, 0.1) is 11.0 Å². The van der Waals surface area contributed by atoms with Crippen LogP contribution in [0.3, 0.4) is 0 Å². The van der Waals surface area contributed by atoms with Crippen LogP contribution in [0.1, 0.15) is 17.8 Å². The van der Waals surface area contributed by atoms with Gasteiger partial charge in [0.2, 0.25) is 0 Å². The number of nitrogens with zero attached hydrogens (tertiary/aromatic N) is 2. The first-order valence-corrected chi connectivity index (χ1v) is 7.45. The maximum absolute atomic E-state index is 9.07. The molecule has 1 aromatic heterocycles. The molecule has 0 aliphatic heterocycles. The fourth-order valence-corrected chi connectivity index (χ4v) is 2.69. The monoisotopic (exact) mass is 300 g/mol. The Kier molecular flexibility index (Phi) is 4.23. The van der Waals surface area contributed by atoms with Gasteiger partial charge < -0.3 is 9.67 Å². The Bertz CT molecular complexity index is 737. The van der Waals surface area contributed by atoms with Gasteiger partial charge in [-0.15, -0.1) is 0 Å². The zero-order chi connectivity index (χ0) is 14.7. The van der Waals surface area contributed by atoms with Gasteiger partial charge in [0.1, 0.15) is 5.82 Å². The second-order valence-corrected chi connectivity index (χ2v) is 5.50. The van der Waals surface area contributed by atoms with Gasteiger partial charge in [0.25, 0.3) is 0 Å². The van der Waals surface area contributed by atoms with E-state index in [9.17, 15) is 0 Å². The summed E-state index contributed by atoms with van der Waals surface area (Å²) in [5.41, 5.74) is 3.22. The van der Waals surface area contributed by atoms with Crippen molar-refractivity contribution in [3.8, 4) is 0 Å². The van der Waals surface area contributed by atoms with Crippen LogP contribution < -0.4 is 0 Å². The fourth-order valence-electron chi connectivity index (χ4n) is 2.52. The summed E-state index contributed by atoms with van der Waals surface area (Å²) in [7, 11) is 0. The molecule has 0 spiro atoms. The zero-order valence-electron chi connectivity index (χ0n) is 11.7. The van der Waals surface area contributed by atoms with Crippen molar-refractivity contribution >= 4 is 22.6 Å². The molecular formula is C17H17ClN2O. The van der Waals surface area contributed by atoms with Crippen LogP contribution in [0.15, 0.2) is 48.5 Å². The summed E-state index contributed by atoms with van der Waals surface area (Å²) in [6.45, 7) is 0.953. The first-order valence-electron chi connectivity index (χ1n) is 7.07. The van der Waals surface area contributed by atoms with Crippen molar-refractivity contribution in [1.29, 1.82) is 0 Å². The second-order valence-electron chi connectivity index (χ2n) is 5.06. The molecule has 3 nitrogen and oxygen atoms in total. The Balaban J connectivity index is 2.04. The maximum atomic E-state index is 9.07. The van der Waals surface area contributed by atoms with Crippen LogP contribution in [0.5, 0.6) is 0 Å². The van der Waals surface area contributed by atoms with Gasteiger partial charge in [-0.05, 0) is 30.2 Å². The van der Waals surface area contributed by atoms with E-state index in [0.717, 1.165) is 29.8 Å². The lowest BCUT2D eigenvalue weighted by Crippen LogP contribution is -2.06. The lowest BCUT2D eigenvalue weighted by molar-refractivity contribution is 0.287. The summed E-state index contributed by atoms with van der Waals surface area (Å²) >= 11 is 6.06. The molecule has 0 saturated carbocycles. The summed E-state index contributed by atoms with van der Waals surface area (Å²) in [5, 5.41) is 9.76. The van der Waals surface area contributed by atoms with Crippen molar-refractivity contribution in [2.75, 3.05) is 6.61 Å². The predicted octanol–water partition coefficient (Wildman–Crippen LogP) is 3.66. The topological polar surface area (TPSA) is 38.1 Å². The number of hydrogen-bond acceptors (Lipinski definition) is 2. The van der Waals surface area contributed by atoms with Crippen molar-refractivity contribution in [3.63, 3.8) is 0 Å². The minimum Gasteiger partial charge on any atom is -0.396 e. The average molecular weight is 301 g/mol. The van der Waals surface area contributed by atoms with Crippen LogP contribution in [0, 0.1) is 0 Å². The van der Waals surface area contributed by atoms with Crippen LogP contribution in [-0.4, -0.2) is 21.3 Å². The molecular weight excluding hydrogens is 284 g/mol. The van der Waals surface area contributed by atoms with E-state index in [1.54, 1.807) is 0 Å². The molecule has 0 unspecified atom stereocenters. The molecule has 108 valence electrons. The number of aryl methyl sites for hydroxylation is 1. The molecule has 1 heterocycles. The largest absolute Gasteiger partial charge is 0.396 e. The maximum Gasteiger partial charge on any atom is 0.110 e. The zero-order valence-corrected chi connectivity index (χ0v) is 12.4. The number of imidazole rings is 1. The van der Waals surface area contributed by atoms with Gasteiger partial charge in [-0.1, -0.05) is 41.9 Å². The highest BCUT2D eigenvalue weighted by molar-refractivity contribution is 6.31. The number of hydrogen-bond donors (Lipinski definition) is 1. The molecule has 0 aliphatic rings. The molecule has 0 amide bonds. The van der Waals surface area contributed by atoms with Crippen molar-refractivity contribution in [2.45, 2.75) is 19.4 Å². The van der Waals surface area contributed by atoms with Gasteiger partial charge >= 0.3 is 0 Å².